The van der Waals surface area contributed by atoms with Gasteiger partial charge in [0, 0.05) is 37.2 Å². The molecule has 3 unspecified atom stereocenters. The molecule has 240 valence electrons. The monoisotopic (exact) mass is 649 g/mol. The number of aryl methyl sites for hydroxylation is 1. The number of aliphatic hydroxyl groups is 1. The van der Waals surface area contributed by atoms with Gasteiger partial charge in [-0.05, 0) is 55.9 Å². The second kappa shape index (κ2) is 14.1. The van der Waals surface area contributed by atoms with Gasteiger partial charge in [0.15, 0.2) is 0 Å². The fraction of sp³-hybridized carbons (Fsp3) is 0.472. The van der Waals surface area contributed by atoms with Gasteiger partial charge in [0.1, 0.15) is 6.04 Å². The van der Waals surface area contributed by atoms with Crippen LogP contribution in [0.2, 0.25) is 5.02 Å². The summed E-state index contributed by atoms with van der Waals surface area (Å²) in [7, 11) is 0. The smallest absolute Gasteiger partial charge is 0.251 e. The van der Waals surface area contributed by atoms with Gasteiger partial charge in [-0.25, -0.2) is 0 Å². The minimum absolute atomic E-state index is 0.0429. The summed E-state index contributed by atoms with van der Waals surface area (Å²) in [6.07, 6.45) is 7.23. The van der Waals surface area contributed by atoms with Gasteiger partial charge in [0.25, 0.3) is 5.91 Å². The minimum Gasteiger partial charge on any atom is -0.396 e. The van der Waals surface area contributed by atoms with E-state index in [1.54, 1.807) is 44.7 Å². The summed E-state index contributed by atoms with van der Waals surface area (Å²) in [5, 5.41) is 9.67. The Morgan fingerprint density at radius 3 is 2.38 bits per heavy atom. The predicted octanol–water partition coefficient (Wildman–Crippen LogP) is 6.28. The maximum atomic E-state index is 15.0. The van der Waals surface area contributed by atoms with Gasteiger partial charge in [-0.1, -0.05) is 73.9 Å². The number of halogens is 1. The van der Waals surface area contributed by atoms with Gasteiger partial charge in [0.05, 0.1) is 27.3 Å². The van der Waals surface area contributed by atoms with Crippen LogP contribution in [0.25, 0.3) is 0 Å². The molecule has 6 atom stereocenters. The quantitative estimate of drug-likeness (QED) is 0.193. The second-order valence-electron chi connectivity index (χ2n) is 12.4. The van der Waals surface area contributed by atoms with Gasteiger partial charge in [-0.15, -0.1) is 24.9 Å². The largest absolute Gasteiger partial charge is 0.396 e. The van der Waals surface area contributed by atoms with Crippen LogP contribution in [0.15, 0.2) is 73.8 Å². The van der Waals surface area contributed by atoms with Crippen molar-refractivity contribution >= 4 is 52.5 Å². The molecule has 2 aromatic carbocycles. The zero-order valence-corrected chi connectivity index (χ0v) is 27.8. The van der Waals surface area contributed by atoms with E-state index in [0.717, 1.165) is 30.5 Å². The molecule has 5 rings (SSSR count). The van der Waals surface area contributed by atoms with E-state index in [-0.39, 0.29) is 42.0 Å². The third-order valence-electron chi connectivity index (χ3n) is 9.75. The first kappa shape index (κ1) is 33.3. The highest BCUT2D eigenvalue weighted by atomic mass is 35.5. The number of para-hydroxylation sites is 2. The molecule has 0 saturated carbocycles. The Morgan fingerprint density at radius 1 is 1.02 bits per heavy atom. The lowest BCUT2D eigenvalue weighted by molar-refractivity contribution is -0.139. The van der Waals surface area contributed by atoms with Crippen molar-refractivity contribution in [3.8, 4) is 0 Å². The standard InChI is InChI=1S/C36H44ClN3O4S/c1-5-19-38(26-16-10-9-11-17-26)33(42)29-28-23-25(4)36(45-28)30(29)34(43)40(21-12-7-8-13-22-41)32(36)35(44)39(20-6-2)31-24(3)15-14-18-27(31)37/h5-6,9-11,14-18,25,28-30,32,41H,1-2,7-8,12-13,19-23H2,3-4H3/t25?,28-,29+,30+,32?,36?/m1/s1. The van der Waals surface area contributed by atoms with Crippen molar-refractivity contribution < 1.29 is 19.5 Å². The molecule has 3 fully saturated rings. The van der Waals surface area contributed by atoms with Crippen molar-refractivity contribution in [2.24, 2.45) is 17.8 Å². The summed E-state index contributed by atoms with van der Waals surface area (Å²) in [5.41, 5.74) is 2.25. The van der Waals surface area contributed by atoms with E-state index >= 15 is 4.79 Å². The summed E-state index contributed by atoms with van der Waals surface area (Å²) in [6, 6.07) is 14.3. The lowest BCUT2D eigenvalue weighted by atomic mass is 9.65. The maximum absolute atomic E-state index is 15.0. The number of rotatable bonds is 14. The number of carbonyl (C=O) groups excluding carboxylic acids is 3. The first-order valence-corrected chi connectivity index (χ1v) is 17.2. The summed E-state index contributed by atoms with van der Waals surface area (Å²) >= 11 is 8.40. The summed E-state index contributed by atoms with van der Waals surface area (Å²) in [4.78, 5) is 49.4. The van der Waals surface area contributed by atoms with Crippen LogP contribution in [0.1, 0.15) is 44.6 Å². The number of likely N-dealkylation sites (tertiary alicyclic amines) is 1. The molecule has 45 heavy (non-hydrogen) atoms. The first-order chi connectivity index (χ1) is 21.7. The number of carbonyl (C=O) groups is 3. The number of thioether (sulfide) groups is 1. The topological polar surface area (TPSA) is 81.2 Å². The molecule has 0 aliphatic carbocycles. The molecule has 3 amide bonds. The Labute approximate surface area is 276 Å². The Hall–Kier alpha value is -3.07. The Balaban J connectivity index is 1.58. The number of hydrogen-bond donors (Lipinski definition) is 1. The third kappa shape index (κ3) is 5.85. The number of nitrogens with zero attached hydrogens (tertiary/aromatic N) is 3. The van der Waals surface area contributed by atoms with Gasteiger partial charge in [0.2, 0.25) is 11.8 Å². The van der Waals surface area contributed by atoms with Crippen LogP contribution in [0.5, 0.6) is 0 Å². The van der Waals surface area contributed by atoms with E-state index in [1.807, 2.05) is 49.4 Å². The number of unbranched alkanes of at least 4 members (excludes halogenated alkanes) is 3. The summed E-state index contributed by atoms with van der Waals surface area (Å²) in [6.45, 7) is 13.0. The highest BCUT2D eigenvalue weighted by Crippen LogP contribution is 2.69. The number of hydrogen-bond acceptors (Lipinski definition) is 5. The van der Waals surface area contributed by atoms with Gasteiger partial charge in [-0.3, -0.25) is 14.4 Å². The molecule has 3 aliphatic rings. The van der Waals surface area contributed by atoms with E-state index < -0.39 is 22.6 Å². The van der Waals surface area contributed by atoms with Gasteiger partial charge >= 0.3 is 0 Å². The van der Waals surface area contributed by atoms with E-state index in [9.17, 15) is 14.7 Å². The van der Waals surface area contributed by atoms with Crippen LogP contribution in [0, 0.1) is 24.7 Å². The van der Waals surface area contributed by atoms with E-state index in [2.05, 4.69) is 20.1 Å². The SMILES string of the molecule is C=CCN(C(=O)[C@@H]1[C@H]2C(=O)N(CCCCCCO)C(C(=O)N(CC=C)c3c(C)cccc3Cl)C23S[C@@H]1CC3C)c1ccccc1. The average Bonchev–Trinajstić information content (AvgIpc) is 3.62. The van der Waals surface area contributed by atoms with Crippen molar-refractivity contribution in [3.63, 3.8) is 0 Å². The molecule has 2 bridgehead atoms. The Kier molecular flexibility index (Phi) is 10.5. The van der Waals surface area contributed by atoms with Gasteiger partial charge in [-0.2, -0.15) is 0 Å². The molecule has 3 aliphatic heterocycles. The zero-order chi connectivity index (χ0) is 32.3. The first-order valence-electron chi connectivity index (χ1n) is 16.0. The Bertz CT molecular complexity index is 1420. The number of amides is 3. The lowest BCUT2D eigenvalue weighted by Crippen LogP contribution is -2.58. The van der Waals surface area contributed by atoms with Crippen molar-refractivity contribution in [2.45, 2.75) is 62.0 Å². The highest BCUT2D eigenvalue weighted by molar-refractivity contribution is 8.02. The number of fused-ring (bicyclic) bond motifs is 1. The van der Waals surface area contributed by atoms with Crippen LogP contribution in [0.4, 0.5) is 11.4 Å². The molecule has 3 saturated heterocycles. The number of aliphatic hydroxyl groups excluding tert-OH is 1. The van der Waals surface area contributed by atoms with Crippen molar-refractivity contribution in [1.29, 1.82) is 0 Å². The number of benzene rings is 2. The molecule has 9 heteroatoms. The molecular weight excluding hydrogens is 606 g/mol. The molecule has 3 heterocycles. The molecule has 2 aromatic rings. The van der Waals surface area contributed by atoms with Crippen molar-refractivity contribution in [3.05, 3.63) is 84.4 Å². The van der Waals surface area contributed by atoms with Crippen molar-refractivity contribution in [1.82, 2.24) is 4.90 Å². The summed E-state index contributed by atoms with van der Waals surface area (Å²) < 4.78 is -0.755. The van der Waals surface area contributed by atoms with Crippen LogP contribution in [-0.4, -0.2) is 70.0 Å². The average molecular weight is 650 g/mol. The van der Waals surface area contributed by atoms with Gasteiger partial charge < -0.3 is 19.8 Å². The predicted molar refractivity (Wildman–Crippen MR) is 184 cm³/mol. The number of anilines is 2. The fourth-order valence-electron chi connectivity index (χ4n) is 7.84. The van der Waals surface area contributed by atoms with E-state index in [1.165, 1.54) is 0 Å². The molecule has 7 nitrogen and oxygen atoms in total. The minimum atomic E-state index is -0.755. The zero-order valence-electron chi connectivity index (χ0n) is 26.2. The molecule has 0 aromatic heterocycles. The Morgan fingerprint density at radius 2 is 1.71 bits per heavy atom. The van der Waals surface area contributed by atoms with E-state index in [0.29, 0.717) is 36.6 Å². The van der Waals surface area contributed by atoms with Crippen molar-refractivity contribution in [2.75, 3.05) is 36.0 Å². The van der Waals surface area contributed by atoms with Crippen LogP contribution in [-0.2, 0) is 14.4 Å². The maximum Gasteiger partial charge on any atom is 0.251 e. The molecule has 0 radical (unpaired) electrons. The molecule has 1 N–H and O–H groups in total. The summed E-state index contributed by atoms with van der Waals surface area (Å²) in [5.74, 6) is -1.52. The second-order valence-corrected chi connectivity index (χ2v) is 14.4. The normalized spacial score (nSPS) is 26.5. The third-order valence-corrected chi connectivity index (χ3v) is 12.1. The highest BCUT2D eigenvalue weighted by Gasteiger charge is 2.76. The molecular formula is C36H44ClN3O4S. The van der Waals surface area contributed by atoms with E-state index in [4.69, 9.17) is 11.6 Å². The fourth-order valence-corrected chi connectivity index (χ4v) is 10.6. The lowest BCUT2D eigenvalue weighted by Gasteiger charge is -2.41. The van der Waals surface area contributed by atoms with Crippen LogP contribution < -0.4 is 9.80 Å². The molecule has 1 spiro atoms. The van der Waals surface area contributed by atoms with Crippen LogP contribution in [0.3, 0.4) is 0 Å². The van der Waals surface area contributed by atoms with Crippen LogP contribution >= 0.6 is 23.4 Å².